The van der Waals surface area contributed by atoms with Crippen molar-refractivity contribution in [3.05, 3.63) is 0 Å². The van der Waals surface area contributed by atoms with Crippen molar-refractivity contribution in [1.29, 1.82) is 0 Å². The number of ether oxygens (including phenoxy) is 1. The first kappa shape index (κ1) is 18.0. The van der Waals surface area contributed by atoms with Crippen LogP contribution in [0.5, 0.6) is 0 Å². The molecule has 0 aromatic heterocycles. The van der Waals surface area contributed by atoms with Gasteiger partial charge in [0.2, 0.25) is 0 Å². The van der Waals surface area contributed by atoms with E-state index in [4.69, 9.17) is 4.74 Å². The molecular weight excluding hydrogens is 268 g/mol. The van der Waals surface area contributed by atoms with E-state index in [1.807, 2.05) is 39.8 Å². The number of alkyl carbamates (subject to hydrolysis) is 1. The first-order valence-corrected chi connectivity index (χ1v) is 7.87. The zero-order chi connectivity index (χ0) is 16.0. The summed E-state index contributed by atoms with van der Waals surface area (Å²) in [5.41, 5.74) is -0.555. The van der Waals surface area contributed by atoms with E-state index >= 15 is 0 Å². The third kappa shape index (κ3) is 6.93. The molecule has 1 aliphatic rings. The Balaban J connectivity index is 2.65. The Morgan fingerprint density at radius 3 is 2.24 bits per heavy atom. The molecule has 5 heteroatoms. The molecule has 0 aliphatic heterocycles. The van der Waals surface area contributed by atoms with Crippen LogP contribution in [0.15, 0.2) is 0 Å². The molecule has 1 saturated carbocycles. The van der Waals surface area contributed by atoms with Crippen LogP contribution >= 0.6 is 0 Å². The molecule has 0 heterocycles. The minimum absolute atomic E-state index is 0.0821. The van der Waals surface area contributed by atoms with Gasteiger partial charge in [-0.1, -0.05) is 19.3 Å². The van der Waals surface area contributed by atoms with Crippen LogP contribution in [-0.2, 0) is 9.53 Å². The van der Waals surface area contributed by atoms with Crippen LogP contribution in [0.1, 0.15) is 52.9 Å². The predicted octanol–water partition coefficient (Wildman–Crippen LogP) is 2.59. The first-order valence-electron chi connectivity index (χ1n) is 7.87. The molecule has 21 heavy (non-hydrogen) atoms. The number of amides is 1. The van der Waals surface area contributed by atoms with Gasteiger partial charge < -0.3 is 15.0 Å². The largest absolute Gasteiger partial charge is 0.444 e. The number of hydrogen-bond donors (Lipinski definition) is 1. The molecule has 5 nitrogen and oxygen atoms in total. The molecule has 1 N–H and O–H groups in total. The number of hydrogen-bond acceptors (Lipinski definition) is 4. The van der Waals surface area contributed by atoms with Crippen LogP contribution in [-0.4, -0.2) is 49.1 Å². The quantitative estimate of drug-likeness (QED) is 0.847. The van der Waals surface area contributed by atoms with E-state index in [1.54, 1.807) is 0 Å². The monoisotopic (exact) mass is 298 g/mol. The van der Waals surface area contributed by atoms with Gasteiger partial charge in [0.25, 0.3) is 0 Å². The first-order chi connectivity index (χ1) is 9.69. The van der Waals surface area contributed by atoms with Crippen molar-refractivity contribution in [1.82, 2.24) is 10.2 Å². The van der Waals surface area contributed by atoms with E-state index in [0.717, 1.165) is 25.7 Å². The third-order valence-electron chi connectivity index (χ3n) is 3.59. The summed E-state index contributed by atoms with van der Waals surface area (Å²) >= 11 is 0. The molecule has 0 aromatic carbocycles. The van der Waals surface area contributed by atoms with Crippen molar-refractivity contribution in [2.45, 2.75) is 64.5 Å². The van der Waals surface area contributed by atoms with Crippen molar-refractivity contribution in [3.63, 3.8) is 0 Å². The lowest BCUT2D eigenvalue weighted by Crippen LogP contribution is -2.50. The third-order valence-corrected chi connectivity index (χ3v) is 3.59. The van der Waals surface area contributed by atoms with Crippen LogP contribution in [0.25, 0.3) is 0 Å². The highest BCUT2D eigenvalue weighted by atomic mass is 16.6. The maximum absolute atomic E-state index is 12.6. The molecule has 0 radical (unpaired) electrons. The fourth-order valence-electron chi connectivity index (χ4n) is 2.69. The minimum atomic E-state index is -0.555. The highest BCUT2D eigenvalue weighted by Crippen LogP contribution is 2.25. The molecule has 1 aliphatic carbocycles. The number of carbonyl (C=O) groups excluding carboxylic acids is 2. The normalized spacial score (nSPS) is 18.4. The standard InChI is InChI=1S/C16H30N2O3/c1-16(2,3)21-15(20)17-13(11-18(4)5)14(19)12-9-7-6-8-10-12/h12-13H,6-11H2,1-5H3,(H,17,20)/t13-/m1/s1. The van der Waals surface area contributed by atoms with E-state index in [2.05, 4.69) is 5.32 Å². The van der Waals surface area contributed by atoms with Gasteiger partial charge in [0, 0.05) is 12.5 Å². The molecule has 0 unspecified atom stereocenters. The predicted molar refractivity (Wildman–Crippen MR) is 83.3 cm³/mol. The number of likely N-dealkylation sites (N-methyl/N-ethyl adjacent to an activating group) is 1. The Morgan fingerprint density at radius 1 is 1.19 bits per heavy atom. The zero-order valence-corrected chi connectivity index (χ0v) is 14.1. The second kappa shape index (κ2) is 7.78. The minimum Gasteiger partial charge on any atom is -0.444 e. The van der Waals surface area contributed by atoms with Gasteiger partial charge >= 0.3 is 6.09 Å². The van der Waals surface area contributed by atoms with Gasteiger partial charge in [0.1, 0.15) is 11.6 Å². The van der Waals surface area contributed by atoms with Crippen LogP contribution in [0.3, 0.4) is 0 Å². The lowest BCUT2D eigenvalue weighted by molar-refractivity contribution is -0.126. The molecule has 0 bridgehead atoms. The summed E-state index contributed by atoms with van der Waals surface area (Å²) in [4.78, 5) is 26.5. The van der Waals surface area contributed by atoms with E-state index < -0.39 is 17.7 Å². The summed E-state index contributed by atoms with van der Waals surface area (Å²) in [5, 5.41) is 2.75. The molecule has 1 amide bonds. The fraction of sp³-hybridized carbons (Fsp3) is 0.875. The van der Waals surface area contributed by atoms with Gasteiger partial charge in [-0.05, 0) is 47.7 Å². The second-order valence-corrected chi connectivity index (χ2v) is 7.20. The average molecular weight is 298 g/mol. The zero-order valence-electron chi connectivity index (χ0n) is 14.1. The summed E-state index contributed by atoms with van der Waals surface area (Å²) in [6.07, 6.45) is 4.80. The van der Waals surface area contributed by atoms with Crippen molar-refractivity contribution < 1.29 is 14.3 Å². The highest BCUT2D eigenvalue weighted by Gasteiger charge is 2.30. The topological polar surface area (TPSA) is 58.6 Å². The summed E-state index contributed by atoms with van der Waals surface area (Å²) in [6, 6.07) is -0.488. The average Bonchev–Trinajstić information content (AvgIpc) is 2.35. The van der Waals surface area contributed by atoms with Crippen molar-refractivity contribution in [2.75, 3.05) is 20.6 Å². The van der Waals surface area contributed by atoms with Crippen molar-refractivity contribution in [2.24, 2.45) is 5.92 Å². The van der Waals surface area contributed by atoms with Gasteiger partial charge in [0.15, 0.2) is 5.78 Å². The Labute approximate surface area is 128 Å². The smallest absolute Gasteiger partial charge is 0.408 e. The summed E-state index contributed by atoms with van der Waals surface area (Å²) in [7, 11) is 3.80. The lowest BCUT2D eigenvalue weighted by atomic mass is 9.83. The molecule has 1 fully saturated rings. The molecule has 1 atom stereocenters. The van der Waals surface area contributed by atoms with Crippen LogP contribution in [0.4, 0.5) is 4.79 Å². The van der Waals surface area contributed by atoms with Gasteiger partial charge in [0.05, 0.1) is 0 Å². The van der Waals surface area contributed by atoms with Gasteiger partial charge in [-0.2, -0.15) is 0 Å². The Morgan fingerprint density at radius 2 is 1.76 bits per heavy atom. The van der Waals surface area contributed by atoms with Crippen LogP contribution in [0, 0.1) is 5.92 Å². The lowest BCUT2D eigenvalue weighted by Gasteiger charge is -2.28. The number of carbonyl (C=O) groups is 2. The number of Topliss-reactive ketones (excluding diaryl/α,β-unsaturated/α-hetero) is 1. The number of rotatable bonds is 5. The molecule has 0 saturated heterocycles. The molecule has 0 aromatic rings. The number of nitrogens with zero attached hydrogens (tertiary/aromatic N) is 1. The Kier molecular flexibility index (Phi) is 6.65. The SMILES string of the molecule is CN(C)C[C@@H](NC(=O)OC(C)(C)C)C(=O)C1CCCCC1. The summed E-state index contributed by atoms with van der Waals surface area (Å²) < 4.78 is 5.27. The van der Waals surface area contributed by atoms with E-state index in [0.29, 0.717) is 6.54 Å². The molecular formula is C16H30N2O3. The molecule has 1 rings (SSSR count). The Bertz CT molecular complexity index is 355. The summed E-state index contributed by atoms with van der Waals surface area (Å²) in [5.74, 6) is 0.230. The van der Waals surface area contributed by atoms with Crippen LogP contribution in [0.2, 0.25) is 0 Å². The van der Waals surface area contributed by atoms with E-state index in [1.165, 1.54) is 6.42 Å². The number of ketones is 1. The van der Waals surface area contributed by atoms with Crippen molar-refractivity contribution in [3.8, 4) is 0 Å². The maximum Gasteiger partial charge on any atom is 0.408 e. The van der Waals surface area contributed by atoms with E-state index in [9.17, 15) is 9.59 Å². The highest BCUT2D eigenvalue weighted by molar-refractivity contribution is 5.89. The molecule has 0 spiro atoms. The summed E-state index contributed by atoms with van der Waals surface area (Å²) in [6.45, 7) is 5.96. The van der Waals surface area contributed by atoms with Crippen LogP contribution < -0.4 is 5.32 Å². The van der Waals surface area contributed by atoms with E-state index in [-0.39, 0.29) is 11.7 Å². The fourth-order valence-corrected chi connectivity index (χ4v) is 2.69. The van der Waals surface area contributed by atoms with Gasteiger partial charge in [-0.15, -0.1) is 0 Å². The molecule has 122 valence electrons. The van der Waals surface area contributed by atoms with Gasteiger partial charge in [-0.25, -0.2) is 4.79 Å². The second-order valence-electron chi connectivity index (χ2n) is 7.20. The maximum atomic E-state index is 12.6. The van der Waals surface area contributed by atoms with Gasteiger partial charge in [-0.3, -0.25) is 4.79 Å². The van der Waals surface area contributed by atoms with Crippen molar-refractivity contribution >= 4 is 11.9 Å². The Hall–Kier alpha value is -1.10. The number of nitrogens with one attached hydrogen (secondary N) is 1.